The maximum Gasteiger partial charge on any atom is 0.0476 e. The van der Waals surface area contributed by atoms with E-state index in [9.17, 15) is 0 Å². The number of benzene rings is 1. The molecule has 3 rings (SSSR count). The molecule has 2 unspecified atom stereocenters. The Hall–Kier alpha value is -1.30. The standard InChI is InChI=1S/C19H26N2/c1-3-9-16(2)21-15-19(12-7-8-13-19)20-14-18(21)17-10-5-4-6-11-17/h1,4-6,10-11,16,18,20H,7-9,12-15H2,2H3. The SMILES string of the molecule is C#CCC(C)N1CC2(CCCC2)NCC1c1ccccc1. The van der Waals surface area contributed by atoms with Crippen molar-refractivity contribution in [1.82, 2.24) is 10.2 Å². The van der Waals surface area contributed by atoms with Gasteiger partial charge in [0, 0.05) is 37.1 Å². The predicted molar refractivity (Wildman–Crippen MR) is 88.0 cm³/mol. The number of terminal acetylenes is 1. The third-order valence-corrected chi connectivity index (χ3v) is 5.28. The van der Waals surface area contributed by atoms with Gasteiger partial charge in [0.25, 0.3) is 0 Å². The summed E-state index contributed by atoms with van der Waals surface area (Å²) in [5.41, 5.74) is 1.75. The van der Waals surface area contributed by atoms with Gasteiger partial charge >= 0.3 is 0 Å². The molecule has 2 aliphatic rings. The summed E-state index contributed by atoms with van der Waals surface area (Å²) in [5, 5.41) is 3.88. The third kappa shape index (κ3) is 3.00. The number of nitrogens with one attached hydrogen (secondary N) is 1. The van der Waals surface area contributed by atoms with Crippen LogP contribution in [-0.2, 0) is 0 Å². The minimum Gasteiger partial charge on any atom is -0.308 e. The average molecular weight is 282 g/mol. The lowest BCUT2D eigenvalue weighted by molar-refractivity contribution is 0.0495. The monoisotopic (exact) mass is 282 g/mol. The highest BCUT2D eigenvalue weighted by Crippen LogP contribution is 2.37. The van der Waals surface area contributed by atoms with Crippen LogP contribution in [0.15, 0.2) is 30.3 Å². The van der Waals surface area contributed by atoms with Gasteiger partial charge in [-0.1, -0.05) is 43.2 Å². The van der Waals surface area contributed by atoms with Crippen molar-refractivity contribution < 1.29 is 0 Å². The maximum absolute atomic E-state index is 5.57. The largest absolute Gasteiger partial charge is 0.308 e. The second-order valence-corrected chi connectivity index (χ2v) is 6.72. The Morgan fingerprint density at radius 3 is 2.71 bits per heavy atom. The van der Waals surface area contributed by atoms with Crippen LogP contribution in [0.3, 0.4) is 0 Å². The second-order valence-electron chi connectivity index (χ2n) is 6.72. The fourth-order valence-corrected chi connectivity index (χ4v) is 4.07. The number of hydrogen-bond donors (Lipinski definition) is 1. The molecule has 1 saturated heterocycles. The molecule has 1 aliphatic carbocycles. The van der Waals surface area contributed by atoms with Crippen LogP contribution in [-0.4, -0.2) is 29.6 Å². The molecule has 1 spiro atoms. The van der Waals surface area contributed by atoms with E-state index in [2.05, 4.69) is 53.4 Å². The molecule has 2 nitrogen and oxygen atoms in total. The molecule has 0 aromatic heterocycles. The zero-order valence-corrected chi connectivity index (χ0v) is 13.0. The lowest BCUT2D eigenvalue weighted by atomic mass is 9.89. The van der Waals surface area contributed by atoms with Crippen molar-refractivity contribution in [2.45, 2.75) is 56.7 Å². The molecule has 21 heavy (non-hydrogen) atoms. The lowest BCUT2D eigenvalue weighted by Crippen LogP contribution is -2.61. The summed E-state index contributed by atoms with van der Waals surface area (Å²) in [5.74, 6) is 2.85. The van der Waals surface area contributed by atoms with E-state index in [-0.39, 0.29) is 0 Å². The van der Waals surface area contributed by atoms with Crippen LogP contribution >= 0.6 is 0 Å². The van der Waals surface area contributed by atoms with Crippen LogP contribution in [0.4, 0.5) is 0 Å². The van der Waals surface area contributed by atoms with Crippen molar-refractivity contribution in [3.05, 3.63) is 35.9 Å². The van der Waals surface area contributed by atoms with Gasteiger partial charge in [-0.25, -0.2) is 0 Å². The number of piperazine rings is 1. The van der Waals surface area contributed by atoms with E-state index in [1.165, 1.54) is 31.2 Å². The zero-order valence-electron chi connectivity index (χ0n) is 13.0. The van der Waals surface area contributed by atoms with E-state index in [1.54, 1.807) is 0 Å². The van der Waals surface area contributed by atoms with Gasteiger partial charge in [-0.3, -0.25) is 4.90 Å². The van der Waals surface area contributed by atoms with E-state index in [1.807, 2.05) is 0 Å². The zero-order chi connectivity index (χ0) is 14.7. The summed E-state index contributed by atoms with van der Waals surface area (Å²) < 4.78 is 0. The summed E-state index contributed by atoms with van der Waals surface area (Å²) in [6.07, 6.45) is 11.8. The Morgan fingerprint density at radius 1 is 1.33 bits per heavy atom. The molecule has 0 radical (unpaired) electrons. The smallest absolute Gasteiger partial charge is 0.0476 e. The molecule has 1 N–H and O–H groups in total. The molecule has 1 aromatic rings. The lowest BCUT2D eigenvalue weighted by Gasteiger charge is -2.48. The minimum absolute atomic E-state index is 0.341. The van der Waals surface area contributed by atoms with E-state index >= 15 is 0 Å². The van der Waals surface area contributed by atoms with Crippen molar-refractivity contribution in [1.29, 1.82) is 0 Å². The van der Waals surface area contributed by atoms with Crippen LogP contribution in [0.5, 0.6) is 0 Å². The van der Waals surface area contributed by atoms with Gasteiger partial charge in [0.05, 0.1) is 0 Å². The molecule has 2 heteroatoms. The average Bonchev–Trinajstić information content (AvgIpc) is 2.96. The van der Waals surface area contributed by atoms with Gasteiger partial charge in [-0.2, -0.15) is 0 Å². The van der Waals surface area contributed by atoms with Crippen LogP contribution in [0.25, 0.3) is 0 Å². The molecular weight excluding hydrogens is 256 g/mol. The predicted octanol–water partition coefficient (Wildman–Crippen LogP) is 3.36. The first-order valence-corrected chi connectivity index (χ1v) is 8.23. The molecule has 1 aliphatic heterocycles. The summed E-state index contributed by atoms with van der Waals surface area (Å²) in [6.45, 7) is 4.46. The Balaban J connectivity index is 1.84. The van der Waals surface area contributed by atoms with E-state index < -0.39 is 0 Å². The van der Waals surface area contributed by atoms with Gasteiger partial charge < -0.3 is 5.32 Å². The van der Waals surface area contributed by atoms with E-state index in [0.29, 0.717) is 17.6 Å². The molecule has 0 amide bonds. The molecule has 1 aromatic carbocycles. The van der Waals surface area contributed by atoms with Gasteiger partial charge in [-0.15, -0.1) is 12.3 Å². The Labute approximate surface area is 128 Å². The first-order chi connectivity index (χ1) is 10.2. The van der Waals surface area contributed by atoms with Gasteiger partial charge in [0.2, 0.25) is 0 Å². The highest BCUT2D eigenvalue weighted by Gasteiger charge is 2.42. The molecule has 2 atom stereocenters. The molecule has 1 saturated carbocycles. The fraction of sp³-hybridized carbons (Fsp3) is 0.579. The van der Waals surface area contributed by atoms with Crippen molar-refractivity contribution >= 4 is 0 Å². The Kier molecular flexibility index (Phi) is 4.33. The summed E-state index contributed by atoms with van der Waals surface area (Å²) >= 11 is 0. The van der Waals surface area contributed by atoms with Crippen molar-refractivity contribution in [3.8, 4) is 12.3 Å². The van der Waals surface area contributed by atoms with Gasteiger partial charge in [-0.05, 0) is 25.3 Å². The summed E-state index contributed by atoms with van der Waals surface area (Å²) in [7, 11) is 0. The first kappa shape index (κ1) is 14.6. The molecule has 0 bridgehead atoms. The van der Waals surface area contributed by atoms with Crippen molar-refractivity contribution in [2.75, 3.05) is 13.1 Å². The topological polar surface area (TPSA) is 15.3 Å². The summed E-state index contributed by atoms with van der Waals surface area (Å²) in [6, 6.07) is 11.7. The Bertz CT molecular complexity index is 496. The number of rotatable bonds is 3. The van der Waals surface area contributed by atoms with Crippen LogP contribution in [0, 0.1) is 12.3 Å². The minimum atomic E-state index is 0.341. The Morgan fingerprint density at radius 2 is 2.05 bits per heavy atom. The van der Waals surface area contributed by atoms with Gasteiger partial charge in [0.1, 0.15) is 0 Å². The van der Waals surface area contributed by atoms with Gasteiger partial charge in [0.15, 0.2) is 0 Å². The van der Waals surface area contributed by atoms with Crippen LogP contribution in [0.2, 0.25) is 0 Å². The fourth-order valence-electron chi connectivity index (χ4n) is 4.07. The molecule has 1 heterocycles. The summed E-state index contributed by atoms with van der Waals surface area (Å²) in [4.78, 5) is 2.65. The molecular formula is C19H26N2. The second kappa shape index (κ2) is 6.22. The third-order valence-electron chi connectivity index (χ3n) is 5.28. The number of hydrogen-bond acceptors (Lipinski definition) is 2. The van der Waals surface area contributed by atoms with E-state index in [0.717, 1.165) is 19.5 Å². The maximum atomic E-state index is 5.57. The highest BCUT2D eigenvalue weighted by atomic mass is 15.3. The normalized spacial score (nSPS) is 26.6. The van der Waals surface area contributed by atoms with Crippen molar-refractivity contribution in [3.63, 3.8) is 0 Å². The van der Waals surface area contributed by atoms with E-state index in [4.69, 9.17) is 6.42 Å². The molecule has 2 fully saturated rings. The first-order valence-electron chi connectivity index (χ1n) is 8.23. The highest BCUT2D eigenvalue weighted by molar-refractivity contribution is 5.22. The quantitative estimate of drug-likeness (QED) is 0.855. The molecule has 112 valence electrons. The van der Waals surface area contributed by atoms with Crippen molar-refractivity contribution in [2.24, 2.45) is 0 Å². The van der Waals surface area contributed by atoms with Crippen LogP contribution < -0.4 is 5.32 Å². The van der Waals surface area contributed by atoms with Crippen LogP contribution in [0.1, 0.15) is 50.6 Å². The number of nitrogens with zero attached hydrogens (tertiary/aromatic N) is 1.